The summed E-state index contributed by atoms with van der Waals surface area (Å²) in [5.74, 6) is 0.00483. The third-order valence-corrected chi connectivity index (χ3v) is 3.53. The Morgan fingerprint density at radius 2 is 1.57 bits per heavy atom. The molecule has 23 heavy (non-hydrogen) atoms. The predicted molar refractivity (Wildman–Crippen MR) is 85.6 cm³/mol. The second-order valence-corrected chi connectivity index (χ2v) is 5.92. The Morgan fingerprint density at radius 1 is 0.957 bits per heavy atom. The van der Waals surface area contributed by atoms with Crippen molar-refractivity contribution in [2.75, 3.05) is 30.9 Å². The summed E-state index contributed by atoms with van der Waals surface area (Å²) >= 11 is 0. The molecule has 6 nitrogen and oxygen atoms in total. The molecule has 0 aromatic heterocycles. The third kappa shape index (κ3) is 5.40. The average molecular weight is 344 g/mol. The summed E-state index contributed by atoms with van der Waals surface area (Å²) in [7, 11) is 0.573. The number of rotatable bonds is 5. The molecule has 0 N–H and O–H groups in total. The van der Waals surface area contributed by atoms with Crippen molar-refractivity contribution in [3.63, 3.8) is 0 Å². The second-order valence-electron chi connectivity index (χ2n) is 4.93. The molecule has 118 valence electrons. The smallest absolute Gasteiger partial charge is 0.716 e. The van der Waals surface area contributed by atoms with Crippen LogP contribution in [0.3, 0.4) is 0 Å². The first-order valence-corrected chi connectivity index (χ1v) is 7.87. The van der Waals surface area contributed by atoms with Crippen molar-refractivity contribution in [2.24, 2.45) is 0 Å². The molecule has 8 heteroatoms. The van der Waals surface area contributed by atoms with Crippen molar-refractivity contribution in [3.05, 3.63) is 48.5 Å². The van der Waals surface area contributed by atoms with Gasteiger partial charge in [-0.3, -0.25) is 0 Å². The van der Waals surface area contributed by atoms with E-state index >= 15 is 0 Å². The number of anilines is 3. The summed E-state index contributed by atoms with van der Waals surface area (Å²) in [5.41, 5.74) is 2.32. The molecule has 0 unspecified atom stereocenters. The Labute approximate surface area is 158 Å². The summed E-state index contributed by atoms with van der Waals surface area (Å²) in [5, 5.41) is 0. The molecule has 0 spiro atoms. The van der Waals surface area contributed by atoms with Gasteiger partial charge < -0.3 is 18.5 Å². The van der Waals surface area contributed by atoms with E-state index in [1.54, 1.807) is 31.1 Å². The fourth-order valence-electron chi connectivity index (χ4n) is 2.04. The van der Waals surface area contributed by atoms with E-state index in [0.29, 0.717) is 5.69 Å². The average Bonchev–Trinajstić information content (AvgIpc) is 2.46. The summed E-state index contributed by atoms with van der Waals surface area (Å²) in [4.78, 5) is 3.63. The third-order valence-electron chi connectivity index (χ3n) is 3.15. The molecule has 2 aromatic rings. The minimum absolute atomic E-state index is 0. The molecule has 0 aliphatic carbocycles. The molecular weight excluding hydrogens is 327 g/mol. The van der Waals surface area contributed by atoms with Crippen molar-refractivity contribution in [1.82, 2.24) is 0 Å². The van der Waals surface area contributed by atoms with E-state index in [2.05, 4.69) is 4.18 Å². The Bertz CT molecular complexity index is 751. The van der Waals surface area contributed by atoms with Gasteiger partial charge in [0.2, 0.25) is 0 Å². The van der Waals surface area contributed by atoms with Crippen LogP contribution in [0.1, 0.15) is 0 Å². The Hall–Kier alpha value is -1.25. The van der Waals surface area contributed by atoms with Gasteiger partial charge in [-0.05, 0) is 30.3 Å². The molecular formula is C15H17N2NaO4S. The van der Waals surface area contributed by atoms with Gasteiger partial charge in [-0.2, -0.15) is 0 Å². The quantitative estimate of drug-likeness (QED) is 0.408. The fourth-order valence-corrected chi connectivity index (χ4v) is 2.41. The Morgan fingerprint density at radius 3 is 2.09 bits per heavy atom. The van der Waals surface area contributed by atoms with Gasteiger partial charge in [0.05, 0.1) is 5.69 Å². The maximum absolute atomic E-state index is 10.8. The van der Waals surface area contributed by atoms with Crippen LogP contribution in [0.2, 0.25) is 0 Å². The number of hydrogen-bond acceptors (Lipinski definition) is 6. The van der Waals surface area contributed by atoms with Crippen LogP contribution in [0.4, 0.5) is 17.1 Å². The van der Waals surface area contributed by atoms with Crippen LogP contribution in [0.5, 0.6) is 5.75 Å². The van der Waals surface area contributed by atoms with Crippen molar-refractivity contribution >= 4 is 27.5 Å². The van der Waals surface area contributed by atoms with Crippen LogP contribution >= 0.6 is 0 Å². The summed E-state index contributed by atoms with van der Waals surface area (Å²) in [6.45, 7) is 0. The SMILES string of the molecule is CN(C)c1cc(N(C)c2ccccc2)ccc1OS(=O)(=O)[O-].[Na+]. The van der Waals surface area contributed by atoms with Gasteiger partial charge in [-0.25, -0.2) is 8.42 Å². The minimum Gasteiger partial charge on any atom is -0.716 e. The van der Waals surface area contributed by atoms with Crippen LogP contribution < -0.4 is 43.5 Å². The van der Waals surface area contributed by atoms with Gasteiger partial charge in [-0.15, -0.1) is 0 Å². The fraction of sp³-hybridized carbons (Fsp3) is 0.200. The van der Waals surface area contributed by atoms with Crippen LogP contribution in [0.25, 0.3) is 0 Å². The monoisotopic (exact) mass is 344 g/mol. The molecule has 0 saturated heterocycles. The molecule has 2 aromatic carbocycles. The van der Waals surface area contributed by atoms with Crippen molar-refractivity contribution in [1.29, 1.82) is 0 Å². The summed E-state index contributed by atoms with van der Waals surface area (Å²) in [6.07, 6.45) is 0. The molecule has 2 rings (SSSR count). The second kappa shape index (κ2) is 8.03. The van der Waals surface area contributed by atoms with E-state index in [1.165, 1.54) is 6.07 Å². The zero-order valence-corrected chi connectivity index (χ0v) is 16.4. The maximum atomic E-state index is 10.8. The van der Waals surface area contributed by atoms with Gasteiger partial charge in [0.15, 0.2) is 5.75 Å². The molecule has 0 bridgehead atoms. The summed E-state index contributed by atoms with van der Waals surface area (Å²) in [6, 6.07) is 14.6. The normalized spacial score (nSPS) is 10.6. The Balaban J connectivity index is 0.00000264. The van der Waals surface area contributed by atoms with E-state index in [9.17, 15) is 13.0 Å². The number of hydrogen-bond donors (Lipinski definition) is 0. The van der Waals surface area contributed by atoms with E-state index < -0.39 is 10.4 Å². The van der Waals surface area contributed by atoms with Crippen LogP contribution in [0, 0.1) is 0 Å². The molecule has 0 aliphatic rings. The van der Waals surface area contributed by atoms with Crippen LogP contribution in [0.15, 0.2) is 48.5 Å². The first-order valence-electron chi connectivity index (χ1n) is 6.53. The molecule has 0 fully saturated rings. The summed E-state index contributed by atoms with van der Waals surface area (Å²) < 4.78 is 36.9. The van der Waals surface area contributed by atoms with Gasteiger partial charge >= 0.3 is 29.6 Å². The van der Waals surface area contributed by atoms with E-state index in [4.69, 9.17) is 0 Å². The zero-order valence-electron chi connectivity index (χ0n) is 13.6. The molecule has 0 radical (unpaired) electrons. The molecule has 0 amide bonds. The van der Waals surface area contributed by atoms with E-state index in [1.807, 2.05) is 42.3 Å². The van der Waals surface area contributed by atoms with Gasteiger partial charge in [0.1, 0.15) is 0 Å². The number of nitrogens with zero attached hydrogens (tertiary/aromatic N) is 2. The molecule has 0 aliphatic heterocycles. The van der Waals surface area contributed by atoms with Gasteiger partial charge in [0, 0.05) is 32.5 Å². The Kier molecular flexibility index (Phi) is 6.91. The molecule has 0 saturated carbocycles. The molecule has 0 atom stereocenters. The van der Waals surface area contributed by atoms with Crippen molar-refractivity contribution in [2.45, 2.75) is 0 Å². The van der Waals surface area contributed by atoms with Gasteiger partial charge in [0.25, 0.3) is 10.4 Å². The standard InChI is InChI=1S/C15H18N2O4S.Na/c1-16(2)14-11-13(9-10-15(14)21-22(18,19)20)17(3)12-7-5-4-6-8-12;/h4-11H,1-3H3,(H,18,19,20);/q;+1/p-1. The van der Waals surface area contributed by atoms with E-state index in [0.717, 1.165) is 11.4 Å². The van der Waals surface area contributed by atoms with Crippen LogP contribution in [-0.2, 0) is 10.4 Å². The molecule has 0 heterocycles. The first kappa shape index (κ1) is 19.8. The first-order chi connectivity index (χ1) is 10.3. The number of benzene rings is 2. The largest absolute Gasteiger partial charge is 1.00 e. The van der Waals surface area contributed by atoms with Crippen molar-refractivity contribution in [3.8, 4) is 5.75 Å². The minimum atomic E-state index is -4.81. The van der Waals surface area contributed by atoms with Crippen molar-refractivity contribution < 1.29 is 46.7 Å². The number of para-hydroxylation sites is 1. The van der Waals surface area contributed by atoms with E-state index in [-0.39, 0.29) is 35.3 Å². The van der Waals surface area contributed by atoms with Crippen LogP contribution in [-0.4, -0.2) is 34.1 Å². The topological polar surface area (TPSA) is 72.9 Å². The predicted octanol–water partition coefficient (Wildman–Crippen LogP) is -0.636. The zero-order chi connectivity index (χ0) is 16.3. The van der Waals surface area contributed by atoms with Gasteiger partial charge in [-0.1, -0.05) is 18.2 Å². The maximum Gasteiger partial charge on any atom is 1.00 e.